The molecule has 1 aromatic carbocycles. The van der Waals surface area contributed by atoms with Crippen LogP contribution in [0.1, 0.15) is 55.2 Å². The summed E-state index contributed by atoms with van der Waals surface area (Å²) in [5, 5.41) is 14.5. The van der Waals surface area contributed by atoms with Crippen molar-refractivity contribution >= 4 is 23.5 Å². The summed E-state index contributed by atoms with van der Waals surface area (Å²) in [6.45, 7) is 6.89. The first-order valence-corrected chi connectivity index (χ1v) is 11.7. The number of piperidine rings is 1. The fraction of sp³-hybridized carbons (Fsp3) is 0.545. The molecule has 0 saturated carbocycles. The van der Waals surface area contributed by atoms with Crippen LogP contribution >= 0.6 is 11.3 Å². The molecule has 3 heterocycles. The Labute approximate surface area is 191 Å². The van der Waals surface area contributed by atoms with Crippen molar-refractivity contribution in [3.05, 3.63) is 45.9 Å². The zero-order chi connectivity index (χ0) is 22.7. The summed E-state index contributed by atoms with van der Waals surface area (Å²) >= 11 is 1.49. The van der Waals surface area contributed by atoms with Gasteiger partial charge in [-0.2, -0.15) is 5.06 Å². The molecule has 2 aromatic rings. The Hall–Kier alpha value is -2.72. The van der Waals surface area contributed by atoms with Gasteiger partial charge in [-0.05, 0) is 39.2 Å². The molecule has 2 bridgehead atoms. The van der Waals surface area contributed by atoms with Crippen LogP contribution in [0.5, 0.6) is 0 Å². The van der Waals surface area contributed by atoms with Crippen molar-refractivity contribution in [3.63, 3.8) is 0 Å². The molecule has 2 fully saturated rings. The fourth-order valence-electron chi connectivity index (χ4n) is 3.86. The van der Waals surface area contributed by atoms with E-state index < -0.39 is 11.7 Å². The normalized spacial score (nSPS) is 20.5. The van der Waals surface area contributed by atoms with Gasteiger partial charge in [0.15, 0.2) is 0 Å². The highest BCUT2D eigenvalue weighted by Crippen LogP contribution is 2.39. The molecule has 0 radical (unpaired) electrons. The Morgan fingerprint density at radius 1 is 1.22 bits per heavy atom. The smallest absolute Gasteiger partial charge is 0.407 e. The molecule has 1 aromatic heterocycles. The topological polar surface area (TPSA) is 96.9 Å². The van der Waals surface area contributed by atoms with Gasteiger partial charge in [0.05, 0.1) is 12.1 Å². The van der Waals surface area contributed by atoms with Crippen molar-refractivity contribution in [3.8, 4) is 0 Å². The largest absolute Gasteiger partial charge is 0.444 e. The fourth-order valence-corrected chi connectivity index (χ4v) is 4.85. The lowest BCUT2D eigenvalue weighted by atomic mass is 10.0. The molecule has 32 heavy (non-hydrogen) atoms. The van der Waals surface area contributed by atoms with Crippen molar-refractivity contribution in [1.29, 1.82) is 0 Å². The average Bonchev–Trinajstić information content (AvgIpc) is 3.30. The molecule has 10 heteroatoms. The molecule has 0 aliphatic carbocycles. The molecule has 2 saturated heterocycles. The minimum absolute atomic E-state index is 0.0629. The van der Waals surface area contributed by atoms with Gasteiger partial charge in [0.2, 0.25) is 0 Å². The average molecular weight is 460 g/mol. The van der Waals surface area contributed by atoms with Gasteiger partial charge in [0.1, 0.15) is 22.2 Å². The summed E-state index contributed by atoms with van der Waals surface area (Å²) in [7, 11) is 0. The lowest BCUT2D eigenvalue weighted by Gasteiger charge is -2.28. The molecule has 4 rings (SSSR count). The second kappa shape index (κ2) is 9.41. The van der Waals surface area contributed by atoms with E-state index in [0.29, 0.717) is 26.1 Å². The second-order valence-corrected chi connectivity index (χ2v) is 10.1. The standard InChI is InChI=1S/C22H29N5O4S/c1-22(2,3)31-20(28)23-12-11-18-24-25-19(32-18)17-10-9-16-13-26(17)21(29)27(16)30-14-15-7-5-4-6-8-15/h4-8,16-17H,9-14H2,1-3H3,(H,23,28). The van der Waals surface area contributed by atoms with Gasteiger partial charge in [-0.15, -0.1) is 10.2 Å². The Morgan fingerprint density at radius 3 is 2.75 bits per heavy atom. The van der Waals surface area contributed by atoms with Crippen LogP contribution in [0.4, 0.5) is 9.59 Å². The van der Waals surface area contributed by atoms with Gasteiger partial charge in [-0.25, -0.2) is 9.59 Å². The number of carbonyl (C=O) groups is 2. The molecule has 0 spiro atoms. The number of urea groups is 1. The van der Waals surface area contributed by atoms with Crippen LogP contribution in [0.15, 0.2) is 30.3 Å². The van der Waals surface area contributed by atoms with Gasteiger partial charge >= 0.3 is 12.1 Å². The minimum Gasteiger partial charge on any atom is -0.444 e. The van der Waals surface area contributed by atoms with E-state index in [1.807, 2.05) is 56.0 Å². The summed E-state index contributed by atoms with van der Waals surface area (Å²) in [5.74, 6) is 0. The van der Waals surface area contributed by atoms with E-state index in [0.717, 1.165) is 28.4 Å². The van der Waals surface area contributed by atoms with Crippen LogP contribution in [-0.4, -0.2) is 57.0 Å². The number of nitrogens with zero attached hydrogens (tertiary/aromatic N) is 4. The van der Waals surface area contributed by atoms with Gasteiger partial charge < -0.3 is 15.0 Å². The highest BCUT2D eigenvalue weighted by Gasteiger charge is 2.47. The molecular formula is C22H29N5O4S. The quantitative estimate of drug-likeness (QED) is 0.678. The number of rotatable bonds is 7. The van der Waals surface area contributed by atoms with Crippen LogP contribution in [-0.2, 0) is 22.6 Å². The molecule has 172 valence electrons. The summed E-state index contributed by atoms with van der Waals surface area (Å²) in [6.07, 6.45) is 1.80. The van der Waals surface area contributed by atoms with Gasteiger partial charge in [0, 0.05) is 19.5 Å². The molecule has 2 atom stereocenters. The number of ether oxygens (including phenoxy) is 1. The molecule has 9 nitrogen and oxygen atoms in total. The molecule has 2 unspecified atom stereocenters. The first kappa shape index (κ1) is 22.5. The number of hydroxylamine groups is 2. The van der Waals surface area contributed by atoms with Gasteiger partial charge in [0.25, 0.3) is 0 Å². The van der Waals surface area contributed by atoms with Crippen LogP contribution in [0.2, 0.25) is 0 Å². The van der Waals surface area contributed by atoms with Crippen LogP contribution in [0, 0.1) is 0 Å². The van der Waals surface area contributed by atoms with E-state index in [1.54, 1.807) is 0 Å². The molecular weight excluding hydrogens is 430 g/mol. The van der Waals surface area contributed by atoms with E-state index in [4.69, 9.17) is 9.57 Å². The third-order valence-corrected chi connectivity index (χ3v) is 6.39. The zero-order valence-corrected chi connectivity index (χ0v) is 19.4. The molecule has 1 N–H and O–H groups in total. The number of aromatic nitrogens is 2. The summed E-state index contributed by atoms with van der Waals surface area (Å²) in [4.78, 5) is 32.5. The minimum atomic E-state index is -0.528. The lowest BCUT2D eigenvalue weighted by molar-refractivity contribution is -0.140. The zero-order valence-electron chi connectivity index (χ0n) is 18.6. The first-order valence-electron chi connectivity index (χ1n) is 10.9. The van der Waals surface area contributed by atoms with Gasteiger partial charge in [-0.3, -0.25) is 4.84 Å². The van der Waals surface area contributed by atoms with Crippen molar-refractivity contribution in [2.45, 2.75) is 64.3 Å². The highest BCUT2D eigenvalue weighted by atomic mass is 32.1. The van der Waals surface area contributed by atoms with E-state index in [-0.39, 0.29) is 18.1 Å². The predicted octanol–water partition coefficient (Wildman–Crippen LogP) is 3.68. The second-order valence-electron chi connectivity index (χ2n) is 8.98. The third kappa shape index (κ3) is 5.36. The number of hydrogen-bond acceptors (Lipinski definition) is 7. The highest BCUT2D eigenvalue weighted by molar-refractivity contribution is 7.11. The third-order valence-electron chi connectivity index (χ3n) is 5.31. The van der Waals surface area contributed by atoms with E-state index in [2.05, 4.69) is 15.5 Å². The molecule has 2 aliphatic rings. The van der Waals surface area contributed by atoms with Crippen molar-refractivity contribution < 1.29 is 19.2 Å². The van der Waals surface area contributed by atoms with Crippen LogP contribution < -0.4 is 5.32 Å². The maximum Gasteiger partial charge on any atom is 0.407 e. The van der Waals surface area contributed by atoms with E-state index in [9.17, 15) is 9.59 Å². The van der Waals surface area contributed by atoms with Crippen molar-refractivity contribution in [1.82, 2.24) is 25.5 Å². The van der Waals surface area contributed by atoms with E-state index in [1.165, 1.54) is 16.4 Å². The first-order chi connectivity index (χ1) is 15.3. The monoisotopic (exact) mass is 459 g/mol. The van der Waals surface area contributed by atoms with E-state index >= 15 is 0 Å². The summed E-state index contributed by atoms with van der Waals surface area (Å²) < 4.78 is 5.24. The number of hydrogen-bond donors (Lipinski definition) is 1. The SMILES string of the molecule is CC(C)(C)OC(=O)NCCc1nnc(C2CCC3CN2C(=O)N3OCc2ccccc2)s1. The lowest BCUT2D eigenvalue weighted by Crippen LogP contribution is -2.34. The Morgan fingerprint density at radius 2 is 2.00 bits per heavy atom. The maximum atomic E-state index is 13.0. The Bertz CT molecular complexity index is 945. The number of fused-ring (bicyclic) bond motifs is 2. The van der Waals surface area contributed by atoms with Crippen LogP contribution in [0.25, 0.3) is 0 Å². The number of amides is 3. The van der Waals surface area contributed by atoms with Crippen molar-refractivity contribution in [2.24, 2.45) is 0 Å². The number of carbonyl (C=O) groups excluding carboxylic acids is 2. The number of nitrogens with one attached hydrogen (secondary N) is 1. The number of benzene rings is 1. The van der Waals surface area contributed by atoms with Crippen LogP contribution in [0.3, 0.4) is 0 Å². The Balaban J connectivity index is 1.30. The maximum absolute atomic E-state index is 13.0. The van der Waals surface area contributed by atoms with Gasteiger partial charge in [-0.1, -0.05) is 41.7 Å². The predicted molar refractivity (Wildman–Crippen MR) is 119 cm³/mol. The summed E-state index contributed by atoms with van der Waals surface area (Å²) in [6, 6.07) is 9.69. The number of alkyl carbamates (subject to hydrolysis) is 1. The molecule has 2 aliphatic heterocycles. The summed E-state index contributed by atoms with van der Waals surface area (Å²) in [5.41, 5.74) is 0.502. The Kier molecular flexibility index (Phi) is 6.61. The van der Waals surface area contributed by atoms with Crippen molar-refractivity contribution in [2.75, 3.05) is 13.1 Å². The molecule has 3 amide bonds.